The van der Waals surface area contributed by atoms with Gasteiger partial charge in [0.25, 0.3) is 0 Å². The summed E-state index contributed by atoms with van der Waals surface area (Å²) in [6, 6.07) is 0. The fourth-order valence-electron chi connectivity index (χ4n) is 0.341. The van der Waals surface area contributed by atoms with Gasteiger partial charge in [-0.2, -0.15) is 0 Å². The predicted molar refractivity (Wildman–Crippen MR) is 37.8 cm³/mol. The average molecular weight is 244 g/mol. The molecule has 0 saturated heterocycles. The average Bonchev–Trinajstić information content (AvgIpc) is 1.86. The van der Waals surface area contributed by atoms with E-state index in [4.69, 9.17) is 0 Å². The molecule has 0 heterocycles. The third-order valence-corrected chi connectivity index (χ3v) is 3.39. The maximum atomic E-state index is 10.9. The molecule has 0 aliphatic heterocycles. The third-order valence-electron chi connectivity index (χ3n) is 1.13. The van der Waals surface area contributed by atoms with Crippen LogP contribution < -0.4 is 0 Å². The Morgan fingerprint density at radius 1 is 1.67 bits per heavy atom. The molecule has 9 heavy (non-hydrogen) atoms. The molecule has 2 nitrogen and oxygen atoms in total. The first-order valence-electron chi connectivity index (χ1n) is 2.74. The van der Waals surface area contributed by atoms with Crippen LogP contribution in [0.25, 0.3) is 0 Å². The molecule has 0 N–H and O–H groups in total. The van der Waals surface area contributed by atoms with E-state index in [-0.39, 0.29) is 11.4 Å². The molecule has 0 saturated carbocycles. The van der Waals surface area contributed by atoms with Crippen LogP contribution in [0, 0.1) is 5.41 Å². The molecular formula is C6H12O2Te. The molecule has 0 atom stereocenters. The monoisotopic (exact) mass is 246 g/mol. The van der Waals surface area contributed by atoms with E-state index in [1.807, 2.05) is 13.8 Å². The van der Waals surface area contributed by atoms with Gasteiger partial charge in [-0.25, -0.2) is 0 Å². The Morgan fingerprint density at radius 3 is 2.22 bits per heavy atom. The topological polar surface area (TPSA) is 26.3 Å². The van der Waals surface area contributed by atoms with E-state index in [0.29, 0.717) is 0 Å². The Labute approximate surface area is 68.9 Å². The molecule has 0 aromatic rings. The summed E-state index contributed by atoms with van der Waals surface area (Å²) < 4.78 is 5.44. The van der Waals surface area contributed by atoms with Gasteiger partial charge in [0.1, 0.15) is 0 Å². The van der Waals surface area contributed by atoms with Gasteiger partial charge in [0.05, 0.1) is 0 Å². The summed E-state index contributed by atoms with van der Waals surface area (Å²) >= 11 is 1.64. The van der Waals surface area contributed by atoms with Crippen molar-refractivity contribution >= 4 is 28.3 Å². The van der Waals surface area contributed by atoms with Crippen LogP contribution in [0.1, 0.15) is 13.8 Å². The van der Waals surface area contributed by atoms with E-state index in [1.54, 1.807) is 22.3 Å². The van der Waals surface area contributed by atoms with Gasteiger partial charge < -0.3 is 0 Å². The van der Waals surface area contributed by atoms with Crippen molar-refractivity contribution in [1.82, 2.24) is 0 Å². The van der Waals surface area contributed by atoms with Crippen molar-refractivity contribution in [3.63, 3.8) is 0 Å². The van der Waals surface area contributed by atoms with Gasteiger partial charge in [0.15, 0.2) is 0 Å². The first kappa shape index (κ1) is 9.26. The Kier molecular flexibility index (Phi) is 3.53. The number of methoxy groups -OCH3 is 1. The number of carbonyl (C=O) groups is 1. The molecule has 54 valence electrons. The van der Waals surface area contributed by atoms with E-state index in [9.17, 15) is 4.79 Å². The van der Waals surface area contributed by atoms with Crippen molar-refractivity contribution in [2.75, 3.05) is 7.11 Å². The van der Waals surface area contributed by atoms with Crippen molar-refractivity contribution in [2.24, 2.45) is 5.41 Å². The van der Waals surface area contributed by atoms with Crippen LogP contribution in [0.3, 0.4) is 0 Å². The molecular weight excluding hydrogens is 232 g/mol. The normalized spacial score (nSPS) is 11.1. The van der Waals surface area contributed by atoms with Gasteiger partial charge in [-0.3, -0.25) is 0 Å². The molecule has 0 rings (SSSR count). The molecule has 0 spiro atoms. The van der Waals surface area contributed by atoms with E-state index >= 15 is 0 Å². The molecule has 0 aliphatic rings. The summed E-state index contributed by atoms with van der Waals surface area (Å²) in [5.74, 6) is -0.122. The first-order chi connectivity index (χ1) is 4.04. The van der Waals surface area contributed by atoms with Gasteiger partial charge in [-0.1, -0.05) is 0 Å². The second-order valence-electron chi connectivity index (χ2n) is 2.53. The molecule has 0 aromatic carbocycles. The van der Waals surface area contributed by atoms with Crippen molar-refractivity contribution in [3.8, 4) is 0 Å². The quantitative estimate of drug-likeness (QED) is 0.522. The third kappa shape index (κ3) is 2.55. The number of hydrogen-bond acceptors (Lipinski definition) is 2. The van der Waals surface area contributed by atoms with Crippen LogP contribution in [-0.2, 0) is 9.53 Å². The van der Waals surface area contributed by atoms with Crippen molar-refractivity contribution in [1.29, 1.82) is 0 Å². The van der Waals surface area contributed by atoms with Crippen LogP contribution in [0.2, 0.25) is 4.47 Å². The molecule has 0 bridgehead atoms. The van der Waals surface area contributed by atoms with E-state index in [1.165, 1.54) is 7.11 Å². The van der Waals surface area contributed by atoms with E-state index in [0.717, 1.165) is 4.47 Å². The second kappa shape index (κ2) is 3.43. The number of ether oxygens (including phenoxy) is 1. The molecule has 0 aliphatic carbocycles. The molecule has 0 fully saturated rings. The summed E-state index contributed by atoms with van der Waals surface area (Å²) in [4.78, 5) is 10.9. The fourth-order valence-corrected chi connectivity index (χ4v) is 0.709. The summed E-state index contributed by atoms with van der Waals surface area (Å²) in [6.07, 6.45) is 0. The van der Waals surface area contributed by atoms with Gasteiger partial charge in [0, 0.05) is 0 Å². The minimum atomic E-state index is -0.289. The number of esters is 1. The number of hydrogen-bond donors (Lipinski definition) is 0. The number of rotatable bonds is 2. The van der Waals surface area contributed by atoms with Gasteiger partial charge in [-0.15, -0.1) is 0 Å². The zero-order valence-electron chi connectivity index (χ0n) is 5.97. The first-order valence-corrected chi connectivity index (χ1v) is 4.54. The standard InChI is InChI=1S/C6H12O2Te/c1-6(2,4-9)5(7)8-3/h9H,4H2,1-3H3. The Bertz CT molecular complexity index is 110. The van der Waals surface area contributed by atoms with Gasteiger partial charge in [0.2, 0.25) is 0 Å². The minimum absolute atomic E-state index is 0.122. The van der Waals surface area contributed by atoms with E-state index < -0.39 is 0 Å². The summed E-state index contributed by atoms with van der Waals surface area (Å²) in [5.41, 5.74) is -0.289. The van der Waals surface area contributed by atoms with Gasteiger partial charge >= 0.3 is 68.6 Å². The summed E-state index contributed by atoms with van der Waals surface area (Å²) in [5, 5.41) is 0. The molecule has 0 aromatic heterocycles. The zero-order chi connectivity index (χ0) is 7.49. The molecule has 0 radical (unpaired) electrons. The molecule has 3 heteroatoms. The SMILES string of the molecule is COC(=O)C(C)(C)C[TeH]. The van der Waals surface area contributed by atoms with Crippen LogP contribution >= 0.6 is 0 Å². The Morgan fingerprint density at radius 2 is 2.11 bits per heavy atom. The number of carbonyl (C=O) groups excluding carboxylic acids is 1. The summed E-state index contributed by atoms with van der Waals surface area (Å²) in [7, 11) is 1.42. The predicted octanol–water partition coefficient (Wildman–Crippen LogP) is 0.505. The van der Waals surface area contributed by atoms with Crippen LogP contribution in [0.15, 0.2) is 0 Å². The molecule has 0 unspecified atom stereocenters. The van der Waals surface area contributed by atoms with E-state index in [2.05, 4.69) is 4.74 Å². The van der Waals surface area contributed by atoms with Crippen molar-refractivity contribution < 1.29 is 9.53 Å². The van der Waals surface area contributed by atoms with Crippen LogP contribution in [0.4, 0.5) is 0 Å². The van der Waals surface area contributed by atoms with Crippen molar-refractivity contribution in [2.45, 2.75) is 18.3 Å². The maximum absolute atomic E-state index is 10.9. The molecule has 0 amide bonds. The zero-order valence-corrected chi connectivity index (χ0v) is 8.52. The second-order valence-corrected chi connectivity index (χ2v) is 3.44. The fraction of sp³-hybridized carbons (Fsp3) is 0.833. The summed E-state index contributed by atoms with van der Waals surface area (Å²) in [6.45, 7) is 3.77. The van der Waals surface area contributed by atoms with Crippen LogP contribution in [-0.4, -0.2) is 35.4 Å². The van der Waals surface area contributed by atoms with Crippen LogP contribution in [0.5, 0.6) is 0 Å². The Balaban J connectivity index is 3.97. The van der Waals surface area contributed by atoms with Gasteiger partial charge in [-0.05, 0) is 0 Å². The van der Waals surface area contributed by atoms with Crippen molar-refractivity contribution in [3.05, 3.63) is 0 Å². The Hall–Kier alpha value is 0.260.